The molecule has 61 heavy (non-hydrogen) atoms. The van der Waals surface area contributed by atoms with E-state index in [1.54, 1.807) is 6.08 Å². The van der Waals surface area contributed by atoms with Gasteiger partial charge in [-0.3, -0.25) is 0 Å². The average Bonchev–Trinajstić information content (AvgIpc) is 3.31. The van der Waals surface area contributed by atoms with E-state index in [-0.39, 0.29) is 39.6 Å². The summed E-state index contributed by atoms with van der Waals surface area (Å²) in [4.78, 5) is 0. The number of ether oxygens (including phenoxy) is 9. The van der Waals surface area contributed by atoms with Crippen molar-refractivity contribution in [1.29, 1.82) is 0 Å². The van der Waals surface area contributed by atoms with Crippen LogP contribution in [0.25, 0.3) is 0 Å². The zero-order valence-corrected chi connectivity index (χ0v) is 34.2. The molecule has 7 rings (SSSR count). The number of aliphatic hydroxyl groups is 2. The fourth-order valence-electron chi connectivity index (χ4n) is 7.45. The Labute approximate surface area is 358 Å². The molecule has 5 aromatic carbocycles. The summed E-state index contributed by atoms with van der Waals surface area (Å²) in [5.41, 5.74) is 4.66. The second kappa shape index (κ2) is 23.6. The summed E-state index contributed by atoms with van der Waals surface area (Å²) in [6, 6.07) is 48.9. The van der Waals surface area contributed by atoms with Gasteiger partial charge in [0.2, 0.25) is 0 Å². The maximum atomic E-state index is 11.7. The van der Waals surface area contributed by atoms with Crippen molar-refractivity contribution in [3.63, 3.8) is 0 Å². The van der Waals surface area contributed by atoms with Gasteiger partial charge in [0.05, 0.1) is 52.9 Å². The van der Waals surface area contributed by atoms with Gasteiger partial charge in [0.1, 0.15) is 48.8 Å². The predicted octanol–water partition coefficient (Wildman–Crippen LogP) is 6.94. The van der Waals surface area contributed by atoms with E-state index in [0.717, 1.165) is 27.8 Å². The molecule has 0 aromatic heterocycles. The molecule has 11 heteroatoms. The van der Waals surface area contributed by atoms with Crippen LogP contribution in [0.15, 0.2) is 164 Å². The molecule has 10 atom stereocenters. The average molecular weight is 833 g/mol. The van der Waals surface area contributed by atoms with Gasteiger partial charge in [-0.2, -0.15) is 0 Å². The van der Waals surface area contributed by atoms with E-state index in [0.29, 0.717) is 6.61 Å². The Morgan fingerprint density at radius 3 is 1.30 bits per heavy atom. The van der Waals surface area contributed by atoms with Crippen molar-refractivity contribution in [2.45, 2.75) is 94.4 Å². The van der Waals surface area contributed by atoms with Crippen molar-refractivity contribution < 1.29 is 52.8 Å². The van der Waals surface area contributed by atoms with Gasteiger partial charge >= 0.3 is 0 Å². The Hall–Kier alpha value is -4.60. The largest absolute Gasteiger partial charge is 0.394 e. The Balaban J connectivity index is 1.25. The Morgan fingerprint density at radius 2 is 0.852 bits per heavy atom. The Kier molecular flexibility index (Phi) is 17.2. The van der Waals surface area contributed by atoms with Crippen LogP contribution in [0.1, 0.15) is 27.8 Å². The van der Waals surface area contributed by atoms with Crippen molar-refractivity contribution in [3.05, 3.63) is 192 Å². The summed E-state index contributed by atoms with van der Waals surface area (Å²) >= 11 is 0. The van der Waals surface area contributed by atoms with E-state index in [1.165, 1.54) is 0 Å². The Bertz CT molecular complexity index is 1960. The highest BCUT2D eigenvalue weighted by Gasteiger charge is 2.54. The lowest BCUT2D eigenvalue weighted by Crippen LogP contribution is -2.66. The molecule has 0 saturated carbocycles. The summed E-state index contributed by atoms with van der Waals surface area (Å²) in [6.45, 7) is 4.72. The molecule has 2 aliphatic rings. The van der Waals surface area contributed by atoms with Gasteiger partial charge in [-0.25, -0.2) is 0 Å². The van der Waals surface area contributed by atoms with Crippen LogP contribution in [0.5, 0.6) is 0 Å². The first-order valence-electron chi connectivity index (χ1n) is 20.8. The van der Waals surface area contributed by atoms with Gasteiger partial charge in [-0.05, 0) is 27.8 Å². The van der Waals surface area contributed by atoms with Gasteiger partial charge in [0, 0.05) is 0 Å². The maximum absolute atomic E-state index is 11.7. The zero-order chi connectivity index (χ0) is 42.1. The minimum atomic E-state index is -1.26. The molecule has 322 valence electrons. The van der Waals surface area contributed by atoms with Crippen LogP contribution < -0.4 is 0 Å². The normalized spacial score (nSPS) is 26.5. The van der Waals surface area contributed by atoms with E-state index in [1.807, 2.05) is 152 Å². The molecule has 2 N–H and O–H groups in total. The molecule has 2 aliphatic heterocycles. The number of hydrogen-bond donors (Lipinski definition) is 2. The molecule has 0 unspecified atom stereocenters. The van der Waals surface area contributed by atoms with Gasteiger partial charge in [0.25, 0.3) is 0 Å². The molecule has 2 saturated heterocycles. The van der Waals surface area contributed by atoms with E-state index >= 15 is 0 Å². The lowest BCUT2D eigenvalue weighted by atomic mass is 9.96. The van der Waals surface area contributed by atoms with Crippen LogP contribution in [0, 0.1) is 0 Å². The molecular weight excluding hydrogens is 777 g/mol. The highest BCUT2D eigenvalue weighted by molar-refractivity contribution is 5.17. The molecule has 2 fully saturated rings. The molecule has 11 nitrogen and oxygen atoms in total. The van der Waals surface area contributed by atoms with Crippen LogP contribution in [0.4, 0.5) is 0 Å². The van der Waals surface area contributed by atoms with Crippen LogP contribution in [0.3, 0.4) is 0 Å². The summed E-state index contributed by atoms with van der Waals surface area (Å²) in [5.74, 6) is 0. The van der Waals surface area contributed by atoms with Crippen molar-refractivity contribution in [1.82, 2.24) is 0 Å². The second-order valence-electron chi connectivity index (χ2n) is 15.0. The zero-order valence-electron chi connectivity index (χ0n) is 34.2. The maximum Gasteiger partial charge on any atom is 0.187 e. The van der Waals surface area contributed by atoms with Crippen LogP contribution in [-0.4, -0.2) is 91.4 Å². The fourth-order valence-corrected chi connectivity index (χ4v) is 7.45. The minimum Gasteiger partial charge on any atom is -0.394 e. The lowest BCUT2D eigenvalue weighted by molar-refractivity contribution is -0.374. The number of aliphatic hydroxyl groups excluding tert-OH is 2. The third-order valence-electron chi connectivity index (χ3n) is 10.6. The van der Waals surface area contributed by atoms with Gasteiger partial charge in [0.15, 0.2) is 12.6 Å². The van der Waals surface area contributed by atoms with Crippen molar-refractivity contribution in [2.24, 2.45) is 0 Å². The summed E-state index contributed by atoms with van der Waals surface area (Å²) in [7, 11) is 0. The van der Waals surface area contributed by atoms with Crippen LogP contribution >= 0.6 is 0 Å². The quantitative estimate of drug-likeness (QED) is 0.0706. The smallest absolute Gasteiger partial charge is 0.187 e. The third kappa shape index (κ3) is 12.7. The van der Waals surface area contributed by atoms with Crippen molar-refractivity contribution in [3.8, 4) is 0 Å². The van der Waals surface area contributed by atoms with E-state index in [4.69, 9.17) is 42.6 Å². The standard InChI is InChI=1S/C50H56O11/c1-2-28-54-49-48(58-34-40-26-16-7-17-27-40)46(56-32-38-22-12-5-13-23-38)44(42(60-49)35-53-30-36-18-8-3-9-19-36)61-50-47(57-33-39-24-14-6-15-25-39)45(43(52)41(29-51)59-50)55-31-37-20-10-4-11-21-37/h2-27,41-52H,1,28-35H2/t41-,42-,43-,44-,45+,46+,47-,48-,49-,50-/m1/s1. The topological polar surface area (TPSA) is 124 Å². The first-order chi connectivity index (χ1) is 30.1. The minimum absolute atomic E-state index is 0.0758. The fraction of sp³-hybridized carbons (Fsp3) is 0.360. The molecule has 5 aromatic rings. The lowest BCUT2D eigenvalue weighted by Gasteiger charge is -2.49. The van der Waals surface area contributed by atoms with Gasteiger partial charge in [-0.15, -0.1) is 6.58 Å². The van der Waals surface area contributed by atoms with Crippen molar-refractivity contribution >= 4 is 0 Å². The number of rotatable bonds is 22. The summed E-state index contributed by atoms with van der Waals surface area (Å²) in [5, 5.41) is 22.3. The summed E-state index contributed by atoms with van der Waals surface area (Å²) in [6.07, 6.45) is -8.13. The van der Waals surface area contributed by atoms with E-state index < -0.39 is 68.0 Å². The third-order valence-corrected chi connectivity index (χ3v) is 10.6. The van der Waals surface area contributed by atoms with Gasteiger partial charge in [-0.1, -0.05) is 158 Å². The molecule has 0 amide bonds. The first-order valence-corrected chi connectivity index (χ1v) is 20.8. The SMILES string of the molecule is C=CCO[C@@H]1O[C@H](COCc2ccccc2)[C@@H](O[C@H]2O[C@H](CO)[C@@H](O)[C@H](OCc3ccccc3)[C@H]2OCc2ccccc2)[C@H](OCc2ccccc2)[C@H]1OCc1ccccc1. The van der Waals surface area contributed by atoms with Gasteiger partial charge < -0.3 is 52.8 Å². The van der Waals surface area contributed by atoms with Crippen molar-refractivity contribution in [2.75, 3.05) is 19.8 Å². The molecule has 0 radical (unpaired) electrons. The van der Waals surface area contributed by atoms with E-state index in [2.05, 4.69) is 6.58 Å². The Morgan fingerprint density at radius 1 is 0.459 bits per heavy atom. The van der Waals surface area contributed by atoms with E-state index in [9.17, 15) is 10.2 Å². The van der Waals surface area contributed by atoms with Crippen LogP contribution in [-0.2, 0) is 75.7 Å². The summed E-state index contributed by atoms with van der Waals surface area (Å²) < 4.78 is 59.7. The second-order valence-corrected chi connectivity index (χ2v) is 15.0. The number of benzene rings is 5. The molecule has 0 bridgehead atoms. The predicted molar refractivity (Wildman–Crippen MR) is 228 cm³/mol. The highest BCUT2D eigenvalue weighted by Crippen LogP contribution is 2.36. The molecular formula is C50H56O11. The monoisotopic (exact) mass is 832 g/mol. The highest BCUT2D eigenvalue weighted by atomic mass is 16.8. The number of hydrogen-bond acceptors (Lipinski definition) is 11. The van der Waals surface area contributed by atoms with Crippen LogP contribution in [0.2, 0.25) is 0 Å². The molecule has 0 aliphatic carbocycles. The molecule has 2 heterocycles. The molecule has 0 spiro atoms. The first kappa shape index (κ1) is 44.5.